The van der Waals surface area contributed by atoms with Crippen LogP contribution in [0.15, 0.2) is 0 Å². The first-order valence-electron chi connectivity index (χ1n) is 3.10. The summed E-state index contributed by atoms with van der Waals surface area (Å²) in [6.07, 6.45) is 0.570. The van der Waals surface area contributed by atoms with Gasteiger partial charge in [-0.25, -0.2) is 4.79 Å². The van der Waals surface area contributed by atoms with E-state index in [2.05, 4.69) is 4.74 Å². The van der Waals surface area contributed by atoms with Gasteiger partial charge in [-0.1, -0.05) is 18.5 Å². The lowest BCUT2D eigenvalue weighted by Gasteiger charge is -1.98. The van der Waals surface area contributed by atoms with Crippen LogP contribution >= 0.6 is 11.6 Å². The number of halogens is 1. The molecule has 0 saturated carbocycles. The molecule has 1 aliphatic rings. The zero-order valence-electron chi connectivity index (χ0n) is 5.89. The van der Waals surface area contributed by atoms with Crippen LogP contribution in [0.2, 0.25) is 0 Å². The topological polar surface area (TPSA) is 38.8 Å². The summed E-state index contributed by atoms with van der Waals surface area (Å²) in [5, 5.41) is -1.16. The van der Waals surface area contributed by atoms with Gasteiger partial charge in [-0.3, -0.25) is 0 Å². The molecule has 2 atom stereocenters. The van der Waals surface area contributed by atoms with Gasteiger partial charge in [0.1, 0.15) is 6.10 Å². The van der Waals surface area contributed by atoms with Crippen LogP contribution in [-0.4, -0.2) is 24.2 Å². The van der Waals surface area contributed by atoms with Gasteiger partial charge in [0.15, 0.2) is 0 Å². The number of carbonyl (C=O) groups excluding carboxylic acids is 1. The van der Waals surface area contributed by atoms with E-state index in [1.54, 1.807) is 0 Å². The molecule has 3 nitrogen and oxygen atoms in total. The van der Waals surface area contributed by atoms with Crippen LogP contribution in [0, 0.1) is 0 Å². The molecule has 0 N–H and O–H groups in total. The molecule has 0 aromatic carbocycles. The summed E-state index contributed by atoms with van der Waals surface area (Å²) in [7, 11) is 1.29. The SMILES string of the molecule is CCC1OC1(Cl)C(=O)OC. The fraction of sp³-hybridized carbons (Fsp3) is 0.833. The van der Waals surface area contributed by atoms with Crippen LogP contribution in [-0.2, 0) is 14.3 Å². The van der Waals surface area contributed by atoms with E-state index in [0.717, 1.165) is 6.42 Å². The number of rotatable bonds is 2. The van der Waals surface area contributed by atoms with Crippen molar-refractivity contribution in [3.63, 3.8) is 0 Å². The number of hydrogen-bond donors (Lipinski definition) is 0. The predicted octanol–water partition coefficient (Wildman–Crippen LogP) is 0.903. The van der Waals surface area contributed by atoms with Crippen LogP contribution in [0.3, 0.4) is 0 Å². The van der Waals surface area contributed by atoms with Crippen molar-refractivity contribution in [1.29, 1.82) is 0 Å². The van der Waals surface area contributed by atoms with Crippen LogP contribution in [0.5, 0.6) is 0 Å². The van der Waals surface area contributed by atoms with E-state index < -0.39 is 11.0 Å². The average molecular weight is 165 g/mol. The maximum Gasteiger partial charge on any atom is 0.356 e. The molecule has 0 aromatic rings. The molecule has 10 heavy (non-hydrogen) atoms. The number of ether oxygens (including phenoxy) is 2. The standard InChI is InChI=1S/C6H9ClO3/c1-3-4-6(7,10-4)5(8)9-2/h4H,3H2,1-2H3. The number of methoxy groups -OCH3 is 1. The fourth-order valence-electron chi connectivity index (χ4n) is 0.838. The minimum absolute atomic E-state index is 0.165. The molecule has 0 spiro atoms. The molecule has 1 saturated heterocycles. The molecule has 0 aromatic heterocycles. The van der Waals surface area contributed by atoms with E-state index in [1.165, 1.54) is 7.11 Å². The Kier molecular flexibility index (Phi) is 1.88. The molecule has 1 heterocycles. The smallest absolute Gasteiger partial charge is 0.356 e. The second kappa shape index (κ2) is 2.40. The van der Waals surface area contributed by atoms with E-state index >= 15 is 0 Å². The first-order chi connectivity index (χ1) is 4.65. The molecule has 0 amide bonds. The third kappa shape index (κ3) is 0.995. The molecule has 0 radical (unpaired) electrons. The largest absolute Gasteiger partial charge is 0.466 e. The highest BCUT2D eigenvalue weighted by molar-refractivity contribution is 6.35. The predicted molar refractivity (Wildman–Crippen MR) is 35.8 cm³/mol. The molecule has 0 bridgehead atoms. The average Bonchev–Trinajstić information content (AvgIpc) is 2.61. The van der Waals surface area contributed by atoms with Gasteiger partial charge in [0, 0.05) is 0 Å². The Morgan fingerprint density at radius 2 is 2.50 bits per heavy atom. The monoisotopic (exact) mass is 164 g/mol. The maximum absolute atomic E-state index is 10.8. The number of carbonyl (C=O) groups is 1. The van der Waals surface area contributed by atoms with Gasteiger partial charge in [0.2, 0.25) is 0 Å². The van der Waals surface area contributed by atoms with Gasteiger partial charge in [-0.05, 0) is 6.42 Å². The lowest BCUT2D eigenvalue weighted by atomic mass is 10.2. The zero-order chi connectivity index (χ0) is 7.78. The molecular formula is C6H9ClO3. The number of epoxide rings is 1. The molecule has 58 valence electrons. The van der Waals surface area contributed by atoms with Crippen molar-refractivity contribution in [3.8, 4) is 0 Å². The summed E-state index contributed by atoms with van der Waals surface area (Å²) in [5.74, 6) is -0.499. The van der Waals surface area contributed by atoms with E-state index in [9.17, 15) is 4.79 Å². The van der Waals surface area contributed by atoms with Crippen LogP contribution < -0.4 is 0 Å². The third-order valence-electron chi connectivity index (χ3n) is 1.51. The maximum atomic E-state index is 10.8. The van der Waals surface area contributed by atoms with Crippen molar-refractivity contribution in [2.45, 2.75) is 24.5 Å². The van der Waals surface area contributed by atoms with Gasteiger partial charge >= 0.3 is 5.97 Å². The third-order valence-corrected chi connectivity index (χ3v) is 1.99. The van der Waals surface area contributed by atoms with Crippen molar-refractivity contribution < 1.29 is 14.3 Å². The van der Waals surface area contributed by atoms with E-state index in [0.29, 0.717) is 0 Å². The number of hydrogen-bond acceptors (Lipinski definition) is 3. The Morgan fingerprint density at radius 3 is 2.80 bits per heavy atom. The highest BCUT2D eigenvalue weighted by atomic mass is 35.5. The lowest BCUT2D eigenvalue weighted by Crippen LogP contribution is -2.21. The van der Waals surface area contributed by atoms with E-state index in [-0.39, 0.29) is 6.10 Å². The second-order valence-electron chi connectivity index (χ2n) is 2.15. The van der Waals surface area contributed by atoms with Crippen LogP contribution in [0.25, 0.3) is 0 Å². The van der Waals surface area contributed by atoms with Gasteiger partial charge < -0.3 is 9.47 Å². The summed E-state index contributed by atoms with van der Waals surface area (Å²) in [4.78, 5) is 10.8. The summed E-state index contributed by atoms with van der Waals surface area (Å²) >= 11 is 5.66. The lowest BCUT2D eigenvalue weighted by molar-refractivity contribution is -0.143. The summed E-state index contributed by atoms with van der Waals surface area (Å²) < 4.78 is 9.31. The van der Waals surface area contributed by atoms with Gasteiger partial charge in [0.05, 0.1) is 7.11 Å². The highest BCUT2D eigenvalue weighted by Crippen LogP contribution is 2.43. The molecule has 2 unspecified atom stereocenters. The van der Waals surface area contributed by atoms with Crippen molar-refractivity contribution in [3.05, 3.63) is 0 Å². The Bertz CT molecular complexity index is 159. The van der Waals surface area contributed by atoms with Crippen LogP contribution in [0.4, 0.5) is 0 Å². The Morgan fingerprint density at radius 1 is 1.90 bits per heavy atom. The second-order valence-corrected chi connectivity index (χ2v) is 2.71. The minimum Gasteiger partial charge on any atom is -0.466 e. The molecule has 1 rings (SSSR count). The van der Waals surface area contributed by atoms with Gasteiger partial charge in [-0.15, -0.1) is 0 Å². The van der Waals surface area contributed by atoms with E-state index in [4.69, 9.17) is 16.3 Å². The normalized spacial score (nSPS) is 37.3. The molecule has 4 heteroatoms. The van der Waals surface area contributed by atoms with Crippen LogP contribution in [0.1, 0.15) is 13.3 Å². The first-order valence-corrected chi connectivity index (χ1v) is 3.48. The van der Waals surface area contributed by atoms with Crippen molar-refractivity contribution in [2.75, 3.05) is 7.11 Å². The Labute approximate surface area is 64.3 Å². The fourth-order valence-corrected chi connectivity index (χ4v) is 1.18. The molecule has 0 aliphatic carbocycles. The van der Waals surface area contributed by atoms with Crippen molar-refractivity contribution in [2.24, 2.45) is 0 Å². The molecular weight excluding hydrogens is 156 g/mol. The minimum atomic E-state index is -1.16. The van der Waals surface area contributed by atoms with E-state index in [1.807, 2.05) is 6.92 Å². The van der Waals surface area contributed by atoms with Crippen molar-refractivity contribution >= 4 is 17.6 Å². The summed E-state index contributed by atoms with van der Waals surface area (Å²) in [6.45, 7) is 1.90. The summed E-state index contributed by atoms with van der Waals surface area (Å²) in [5.41, 5.74) is 0. The quantitative estimate of drug-likeness (QED) is 0.346. The van der Waals surface area contributed by atoms with Gasteiger partial charge in [-0.2, -0.15) is 0 Å². The zero-order valence-corrected chi connectivity index (χ0v) is 6.64. The number of alkyl halides is 1. The Hall–Kier alpha value is -0.280. The first kappa shape index (κ1) is 7.82. The Balaban J connectivity index is 2.50. The highest BCUT2D eigenvalue weighted by Gasteiger charge is 2.61. The molecule has 1 aliphatic heterocycles. The summed E-state index contributed by atoms with van der Waals surface area (Å²) in [6, 6.07) is 0. The number of esters is 1. The van der Waals surface area contributed by atoms with Gasteiger partial charge in [0.25, 0.3) is 5.06 Å². The van der Waals surface area contributed by atoms with Crippen molar-refractivity contribution in [1.82, 2.24) is 0 Å². The molecule has 1 fully saturated rings.